The zero-order valence-corrected chi connectivity index (χ0v) is 9.33. The molecule has 2 aromatic rings. The number of aromatic hydroxyl groups is 1. The Labute approximate surface area is 96.1 Å². The van der Waals surface area contributed by atoms with Gasteiger partial charge >= 0.3 is 10.4 Å². The second-order valence-corrected chi connectivity index (χ2v) is 4.14. The summed E-state index contributed by atoms with van der Waals surface area (Å²) in [5.74, 6) is 0.261. The normalized spacial score (nSPS) is 10.9. The highest BCUT2D eigenvalue weighted by Gasteiger charge is 2.00. The first kappa shape index (κ1) is 12.8. The molecule has 0 spiro atoms. The van der Waals surface area contributed by atoms with Crippen molar-refractivity contribution in [1.82, 2.24) is 4.98 Å². The number of aromatic amines is 1. The number of halogens is 1. The van der Waals surface area contributed by atoms with Crippen molar-refractivity contribution in [2.45, 2.75) is 0 Å². The van der Waals surface area contributed by atoms with Gasteiger partial charge < -0.3 is 10.1 Å². The van der Waals surface area contributed by atoms with Gasteiger partial charge in [0, 0.05) is 16.6 Å². The summed E-state index contributed by atoms with van der Waals surface area (Å²) in [6, 6.07) is 5.30. The van der Waals surface area contributed by atoms with E-state index in [1.165, 1.54) is 0 Å². The van der Waals surface area contributed by atoms with E-state index in [-0.39, 0.29) is 5.75 Å². The van der Waals surface area contributed by atoms with Crippen LogP contribution in [0.4, 0.5) is 0 Å². The fraction of sp³-hybridized carbons (Fsp3) is 0. The number of fused-ring (bicyclic) bond motifs is 1. The van der Waals surface area contributed by atoms with Gasteiger partial charge in [-0.25, -0.2) is 0 Å². The minimum absolute atomic E-state index is 0.261. The molecule has 2 rings (SSSR count). The maximum Gasteiger partial charge on any atom is 0.394 e. The van der Waals surface area contributed by atoms with Crippen molar-refractivity contribution in [3.8, 4) is 5.75 Å². The van der Waals surface area contributed by atoms with E-state index in [0.717, 1.165) is 10.9 Å². The monoisotopic (exact) mass is 265 g/mol. The summed E-state index contributed by atoms with van der Waals surface area (Å²) in [6.45, 7) is 0. The zero-order chi connectivity index (χ0) is 12.3. The van der Waals surface area contributed by atoms with Crippen LogP contribution in [0.25, 0.3) is 10.9 Å². The van der Waals surface area contributed by atoms with Crippen molar-refractivity contribution in [1.29, 1.82) is 0 Å². The number of benzene rings is 1. The van der Waals surface area contributed by atoms with Gasteiger partial charge in [-0.05, 0) is 18.2 Å². The third-order valence-corrected chi connectivity index (χ3v) is 1.86. The maximum atomic E-state index is 9.23. The van der Waals surface area contributed by atoms with Crippen LogP contribution in [-0.4, -0.2) is 27.6 Å². The molecule has 4 N–H and O–H groups in total. The Morgan fingerprint density at radius 1 is 1.25 bits per heavy atom. The van der Waals surface area contributed by atoms with Crippen LogP contribution in [0.15, 0.2) is 24.4 Å². The molecule has 0 unspecified atom stereocenters. The van der Waals surface area contributed by atoms with E-state index in [1.807, 2.05) is 0 Å². The molecule has 0 aliphatic heterocycles. The molecule has 1 aromatic heterocycles. The third-order valence-electron chi connectivity index (χ3n) is 1.62. The summed E-state index contributed by atoms with van der Waals surface area (Å²) in [5.41, 5.74) is 0.856. The molecule has 8 heteroatoms. The first-order chi connectivity index (χ1) is 7.27. The van der Waals surface area contributed by atoms with Crippen molar-refractivity contribution >= 4 is 32.9 Å². The number of hydrogen-bond acceptors (Lipinski definition) is 3. The molecule has 1 heterocycles. The lowest BCUT2D eigenvalue weighted by Gasteiger charge is -1.90. The summed E-state index contributed by atoms with van der Waals surface area (Å²) >= 11 is 5.73. The first-order valence-corrected chi connectivity index (χ1v) is 5.70. The highest BCUT2D eigenvalue weighted by atomic mass is 35.5. The molecule has 0 amide bonds. The molecule has 0 bridgehead atoms. The topological polar surface area (TPSA) is 111 Å². The lowest BCUT2D eigenvalue weighted by molar-refractivity contribution is 0.381. The van der Waals surface area contributed by atoms with Gasteiger partial charge in [0.1, 0.15) is 5.75 Å². The largest absolute Gasteiger partial charge is 0.506 e. The smallest absolute Gasteiger partial charge is 0.394 e. The molecular weight excluding hydrogens is 258 g/mol. The minimum Gasteiger partial charge on any atom is -0.506 e. The van der Waals surface area contributed by atoms with E-state index in [2.05, 4.69) is 4.98 Å². The summed E-state index contributed by atoms with van der Waals surface area (Å²) < 4.78 is 31.6. The Morgan fingerprint density at radius 2 is 1.81 bits per heavy atom. The van der Waals surface area contributed by atoms with Crippen molar-refractivity contribution in [2.24, 2.45) is 0 Å². The molecule has 1 aromatic carbocycles. The maximum absolute atomic E-state index is 9.23. The van der Waals surface area contributed by atoms with E-state index in [9.17, 15) is 5.11 Å². The lowest BCUT2D eigenvalue weighted by atomic mass is 10.2. The Bertz CT molecular complexity index is 583. The first-order valence-electron chi connectivity index (χ1n) is 3.93. The average Bonchev–Trinajstić information content (AvgIpc) is 2.44. The Hall–Kier alpha value is -1.28. The predicted molar refractivity (Wildman–Crippen MR) is 59.2 cm³/mol. The van der Waals surface area contributed by atoms with Gasteiger partial charge in [-0.15, -0.1) is 0 Å². The molecule has 88 valence electrons. The zero-order valence-electron chi connectivity index (χ0n) is 7.75. The summed E-state index contributed by atoms with van der Waals surface area (Å²) in [4.78, 5) is 2.89. The summed E-state index contributed by atoms with van der Waals surface area (Å²) in [6.07, 6.45) is 1.54. The third kappa shape index (κ3) is 4.07. The van der Waals surface area contributed by atoms with E-state index in [4.69, 9.17) is 29.1 Å². The van der Waals surface area contributed by atoms with E-state index < -0.39 is 10.4 Å². The molecule has 0 radical (unpaired) electrons. The van der Waals surface area contributed by atoms with Crippen molar-refractivity contribution in [2.75, 3.05) is 0 Å². The number of H-pyrrole nitrogens is 1. The van der Waals surface area contributed by atoms with Gasteiger partial charge in [-0.1, -0.05) is 11.6 Å². The van der Waals surface area contributed by atoms with Crippen LogP contribution in [0.3, 0.4) is 0 Å². The van der Waals surface area contributed by atoms with Gasteiger partial charge in [0.25, 0.3) is 0 Å². The minimum atomic E-state index is -4.67. The lowest BCUT2D eigenvalue weighted by Crippen LogP contribution is -1.89. The van der Waals surface area contributed by atoms with Gasteiger partial charge in [0.2, 0.25) is 0 Å². The van der Waals surface area contributed by atoms with Crippen molar-refractivity contribution in [3.05, 3.63) is 29.4 Å². The SMILES string of the molecule is O=S(=O)(O)O.Oc1c[nH]c2cc(Cl)ccc12. The fourth-order valence-corrected chi connectivity index (χ4v) is 1.26. The molecule has 16 heavy (non-hydrogen) atoms. The summed E-state index contributed by atoms with van der Waals surface area (Å²) in [7, 11) is -4.67. The van der Waals surface area contributed by atoms with Gasteiger partial charge in [-0.2, -0.15) is 8.42 Å². The molecule has 0 aliphatic carbocycles. The second-order valence-electron chi connectivity index (χ2n) is 2.81. The number of nitrogens with one attached hydrogen (secondary N) is 1. The van der Waals surface area contributed by atoms with Gasteiger partial charge in [-0.3, -0.25) is 9.11 Å². The van der Waals surface area contributed by atoms with Crippen LogP contribution in [0.2, 0.25) is 5.02 Å². The van der Waals surface area contributed by atoms with E-state index >= 15 is 0 Å². The molecule has 0 saturated carbocycles. The molecule has 0 aliphatic rings. The predicted octanol–water partition coefficient (Wildman–Crippen LogP) is 1.87. The van der Waals surface area contributed by atoms with Crippen molar-refractivity contribution < 1.29 is 22.6 Å². The molecular formula is C8H8ClNO5S. The quantitative estimate of drug-likeness (QED) is 0.544. The van der Waals surface area contributed by atoms with E-state index in [1.54, 1.807) is 24.4 Å². The second kappa shape index (κ2) is 4.71. The summed E-state index contributed by atoms with van der Waals surface area (Å²) in [5, 5.41) is 10.7. The number of hydrogen-bond donors (Lipinski definition) is 4. The van der Waals surface area contributed by atoms with E-state index in [0.29, 0.717) is 5.02 Å². The van der Waals surface area contributed by atoms with Crippen LogP contribution in [0.1, 0.15) is 0 Å². The van der Waals surface area contributed by atoms with Gasteiger partial charge in [0.05, 0.1) is 5.52 Å². The Balaban J connectivity index is 0.000000221. The van der Waals surface area contributed by atoms with Gasteiger partial charge in [0.15, 0.2) is 0 Å². The van der Waals surface area contributed by atoms with Crippen molar-refractivity contribution in [3.63, 3.8) is 0 Å². The number of aromatic nitrogens is 1. The Morgan fingerprint density at radius 3 is 2.38 bits per heavy atom. The fourth-order valence-electron chi connectivity index (χ4n) is 1.08. The standard InChI is InChI=1S/C8H6ClNO.H2O4S/c9-5-1-2-6-7(3-5)10-4-8(6)11;1-5(2,3)4/h1-4,10-11H;(H2,1,2,3,4). The van der Waals surface area contributed by atoms with Crippen LogP contribution in [0.5, 0.6) is 5.75 Å². The number of rotatable bonds is 0. The Kier molecular flexibility index (Phi) is 3.76. The average molecular weight is 266 g/mol. The molecule has 0 fully saturated rings. The molecule has 6 nitrogen and oxygen atoms in total. The highest BCUT2D eigenvalue weighted by molar-refractivity contribution is 7.79. The van der Waals surface area contributed by atoms with Crippen LogP contribution >= 0.6 is 11.6 Å². The molecule has 0 atom stereocenters. The van der Waals surface area contributed by atoms with Crippen LogP contribution in [-0.2, 0) is 10.4 Å². The van der Waals surface area contributed by atoms with Crippen LogP contribution in [0, 0.1) is 0 Å². The van der Waals surface area contributed by atoms with Crippen LogP contribution < -0.4 is 0 Å². The highest BCUT2D eigenvalue weighted by Crippen LogP contribution is 2.25. The molecule has 0 saturated heterocycles.